The van der Waals surface area contributed by atoms with Crippen molar-refractivity contribution in [1.29, 1.82) is 0 Å². The predicted octanol–water partition coefficient (Wildman–Crippen LogP) is 0.801. The number of pyridine rings is 1. The second-order valence-electron chi connectivity index (χ2n) is 7.74. The Morgan fingerprint density at radius 3 is 2.67 bits per heavy atom. The van der Waals surface area contributed by atoms with Crippen LogP contribution in [0.15, 0.2) is 16.9 Å². The Balaban J connectivity index is 1.65. The summed E-state index contributed by atoms with van der Waals surface area (Å²) in [5.74, 6) is -0.334. The van der Waals surface area contributed by atoms with E-state index in [9.17, 15) is 22.4 Å². The third-order valence-electron chi connectivity index (χ3n) is 5.98. The highest BCUT2D eigenvalue weighted by Crippen LogP contribution is 2.36. The van der Waals surface area contributed by atoms with Crippen molar-refractivity contribution >= 4 is 15.9 Å². The molecule has 3 aliphatic heterocycles. The number of fused-ring (bicyclic) bond motifs is 4. The number of likely N-dealkylation sites (tertiary alicyclic amines) is 1. The molecule has 4 rings (SSSR count). The molecule has 1 aromatic rings. The van der Waals surface area contributed by atoms with E-state index in [-0.39, 0.29) is 35.3 Å². The Morgan fingerprint density at radius 2 is 2.00 bits per heavy atom. The van der Waals surface area contributed by atoms with E-state index >= 15 is 0 Å². The van der Waals surface area contributed by atoms with Gasteiger partial charge in [0.15, 0.2) is 0 Å². The van der Waals surface area contributed by atoms with Gasteiger partial charge >= 0.3 is 0 Å². The Labute approximate surface area is 157 Å². The summed E-state index contributed by atoms with van der Waals surface area (Å²) in [6, 6.07) is 3.29. The van der Waals surface area contributed by atoms with Crippen molar-refractivity contribution in [3.8, 4) is 0 Å². The third-order valence-corrected chi connectivity index (χ3v) is 7.79. The number of nitrogens with zero attached hydrogens (tertiary/aromatic N) is 3. The van der Waals surface area contributed by atoms with Gasteiger partial charge in [0.1, 0.15) is 11.7 Å². The quantitative estimate of drug-likeness (QED) is 0.756. The Kier molecular flexibility index (Phi) is 4.62. The molecule has 2 bridgehead atoms. The molecule has 0 saturated carbocycles. The largest absolute Gasteiger partial charge is 0.335 e. The molecular weight excluding hydrogens is 373 g/mol. The van der Waals surface area contributed by atoms with E-state index in [1.54, 1.807) is 17.6 Å². The first-order chi connectivity index (χ1) is 12.8. The van der Waals surface area contributed by atoms with E-state index in [1.807, 2.05) is 0 Å². The SMILES string of the molecule is CCS(=O)(=O)N1C[C@@H]2C[C@H](C1)c1ccc(C(=O)N3CC[C@H](F)C3)c(=O)n1C2. The molecule has 0 aromatic carbocycles. The Bertz CT molecular complexity index is 929. The minimum atomic E-state index is -3.26. The summed E-state index contributed by atoms with van der Waals surface area (Å²) in [5, 5.41) is 0. The van der Waals surface area contributed by atoms with Crippen molar-refractivity contribution in [3.05, 3.63) is 33.7 Å². The van der Waals surface area contributed by atoms with Crippen LogP contribution in [0.2, 0.25) is 0 Å². The van der Waals surface area contributed by atoms with Crippen LogP contribution < -0.4 is 5.56 Å². The van der Waals surface area contributed by atoms with Crippen molar-refractivity contribution in [2.45, 2.75) is 38.4 Å². The first-order valence-corrected chi connectivity index (χ1v) is 11.1. The maximum absolute atomic E-state index is 13.4. The van der Waals surface area contributed by atoms with Crippen molar-refractivity contribution in [2.75, 3.05) is 31.9 Å². The molecule has 0 radical (unpaired) electrons. The standard InChI is InChI=1S/C18H24FN3O4S/c1-2-27(25,26)21-8-12-7-13(10-21)16-4-3-15(18(24)22(16)9-12)17(23)20-6-5-14(19)11-20/h3-4,12-14H,2,5-11H2,1H3/t12-,13+,14-/m0/s1. The summed E-state index contributed by atoms with van der Waals surface area (Å²) in [6.07, 6.45) is 0.127. The van der Waals surface area contributed by atoms with E-state index in [2.05, 4.69) is 0 Å². The van der Waals surface area contributed by atoms with Crippen LogP contribution in [0.3, 0.4) is 0 Å². The highest BCUT2D eigenvalue weighted by molar-refractivity contribution is 7.89. The molecule has 2 fully saturated rings. The van der Waals surface area contributed by atoms with Crippen LogP contribution in [-0.4, -0.2) is 66.2 Å². The maximum atomic E-state index is 13.4. The number of hydrogen-bond acceptors (Lipinski definition) is 4. The van der Waals surface area contributed by atoms with Crippen molar-refractivity contribution in [2.24, 2.45) is 5.92 Å². The first kappa shape index (κ1) is 18.6. The van der Waals surface area contributed by atoms with Gasteiger partial charge in [-0.15, -0.1) is 0 Å². The van der Waals surface area contributed by atoms with Gasteiger partial charge in [-0.2, -0.15) is 0 Å². The molecule has 27 heavy (non-hydrogen) atoms. The third kappa shape index (κ3) is 3.20. The first-order valence-electron chi connectivity index (χ1n) is 9.45. The molecule has 4 heterocycles. The second kappa shape index (κ2) is 6.70. The number of hydrogen-bond donors (Lipinski definition) is 0. The van der Waals surface area contributed by atoms with Crippen LogP contribution >= 0.6 is 0 Å². The molecule has 7 nitrogen and oxygen atoms in total. The van der Waals surface area contributed by atoms with Crippen LogP contribution in [0.1, 0.15) is 41.7 Å². The number of rotatable bonds is 3. The average Bonchev–Trinajstić information content (AvgIpc) is 3.08. The van der Waals surface area contributed by atoms with Gasteiger partial charge in [-0.25, -0.2) is 17.1 Å². The second-order valence-corrected chi connectivity index (χ2v) is 10.00. The van der Waals surface area contributed by atoms with Crippen molar-refractivity contribution in [1.82, 2.24) is 13.8 Å². The summed E-state index contributed by atoms with van der Waals surface area (Å²) in [7, 11) is -3.26. The number of carbonyl (C=O) groups excluding carboxylic acids is 1. The highest BCUT2D eigenvalue weighted by atomic mass is 32.2. The monoisotopic (exact) mass is 397 g/mol. The van der Waals surface area contributed by atoms with Gasteiger partial charge in [-0.1, -0.05) is 0 Å². The Morgan fingerprint density at radius 1 is 1.22 bits per heavy atom. The van der Waals surface area contributed by atoms with Gasteiger partial charge in [0, 0.05) is 37.8 Å². The number of alkyl halides is 1. The molecule has 0 spiro atoms. The van der Waals surface area contributed by atoms with E-state index in [0.717, 1.165) is 12.1 Å². The number of sulfonamides is 1. The van der Waals surface area contributed by atoms with Gasteiger partial charge in [0.05, 0.1) is 12.3 Å². The van der Waals surface area contributed by atoms with Crippen LogP contribution in [-0.2, 0) is 16.6 Å². The van der Waals surface area contributed by atoms with Gasteiger partial charge in [-0.3, -0.25) is 9.59 Å². The molecule has 3 atom stereocenters. The fourth-order valence-electron chi connectivity index (χ4n) is 4.55. The van der Waals surface area contributed by atoms with Gasteiger partial charge < -0.3 is 9.47 Å². The summed E-state index contributed by atoms with van der Waals surface area (Å²) in [5.41, 5.74) is 0.515. The van der Waals surface area contributed by atoms with E-state index in [4.69, 9.17) is 0 Å². The summed E-state index contributed by atoms with van der Waals surface area (Å²) in [4.78, 5) is 27.0. The van der Waals surface area contributed by atoms with E-state index in [0.29, 0.717) is 32.6 Å². The van der Waals surface area contributed by atoms with Crippen molar-refractivity contribution in [3.63, 3.8) is 0 Å². The molecule has 3 aliphatic rings. The van der Waals surface area contributed by atoms with Crippen LogP contribution in [0.5, 0.6) is 0 Å². The molecular formula is C18H24FN3O4S. The van der Waals surface area contributed by atoms with E-state index < -0.39 is 22.1 Å². The van der Waals surface area contributed by atoms with Crippen LogP contribution in [0, 0.1) is 5.92 Å². The minimum Gasteiger partial charge on any atom is -0.335 e. The molecule has 1 aromatic heterocycles. The van der Waals surface area contributed by atoms with Crippen LogP contribution in [0.4, 0.5) is 4.39 Å². The molecule has 0 N–H and O–H groups in total. The molecule has 148 valence electrons. The summed E-state index contributed by atoms with van der Waals surface area (Å²) in [6.45, 7) is 3.19. The fourth-order valence-corrected chi connectivity index (χ4v) is 5.76. The lowest BCUT2D eigenvalue weighted by Crippen LogP contribution is -2.50. The zero-order valence-corrected chi connectivity index (χ0v) is 16.1. The Hall–Kier alpha value is -1.74. The summed E-state index contributed by atoms with van der Waals surface area (Å²) >= 11 is 0. The number of amides is 1. The molecule has 9 heteroatoms. The van der Waals surface area contributed by atoms with Crippen LogP contribution in [0.25, 0.3) is 0 Å². The van der Waals surface area contributed by atoms with Gasteiger partial charge in [0.2, 0.25) is 10.0 Å². The molecule has 0 aliphatic carbocycles. The molecule has 0 unspecified atom stereocenters. The fraction of sp³-hybridized carbons (Fsp3) is 0.667. The molecule has 1 amide bonds. The predicted molar refractivity (Wildman–Crippen MR) is 98.0 cm³/mol. The lowest BCUT2D eigenvalue weighted by Gasteiger charge is -2.42. The molecule has 2 saturated heterocycles. The topological polar surface area (TPSA) is 79.7 Å². The highest BCUT2D eigenvalue weighted by Gasteiger charge is 2.39. The maximum Gasteiger partial charge on any atom is 0.263 e. The zero-order chi connectivity index (χ0) is 19.3. The summed E-state index contributed by atoms with van der Waals surface area (Å²) < 4.78 is 41.1. The number of carbonyl (C=O) groups is 1. The van der Waals surface area contributed by atoms with Crippen molar-refractivity contribution < 1.29 is 17.6 Å². The van der Waals surface area contributed by atoms with Gasteiger partial charge in [0.25, 0.3) is 11.5 Å². The lowest BCUT2D eigenvalue weighted by atomic mass is 9.84. The van der Waals surface area contributed by atoms with E-state index in [1.165, 1.54) is 15.3 Å². The lowest BCUT2D eigenvalue weighted by molar-refractivity contribution is 0.0779. The van der Waals surface area contributed by atoms with Gasteiger partial charge in [-0.05, 0) is 37.8 Å². The smallest absolute Gasteiger partial charge is 0.263 e. The minimum absolute atomic E-state index is 0.0368. The zero-order valence-electron chi connectivity index (χ0n) is 15.3. The normalized spacial score (nSPS) is 28.2. The average molecular weight is 397 g/mol. The number of aromatic nitrogens is 1. The number of halogens is 1. The number of piperidine rings is 1.